The molecule has 0 fully saturated rings. The van der Waals surface area contributed by atoms with E-state index in [2.05, 4.69) is 5.32 Å². The number of Topliss-reactive ketones (excluding diaryl/α,β-unsaturated/α-hetero) is 1. The Balaban J connectivity index is 2.29. The Bertz CT molecular complexity index is 884. The summed E-state index contributed by atoms with van der Waals surface area (Å²) in [6, 6.07) is 5.84. The largest absolute Gasteiger partial charge is 0.497 e. The van der Waals surface area contributed by atoms with Gasteiger partial charge in [0.15, 0.2) is 23.2 Å². The summed E-state index contributed by atoms with van der Waals surface area (Å²) in [5.41, 5.74) is -0.454. The molecule has 0 saturated heterocycles. The normalized spacial score (nSPS) is 11.1. The number of halogens is 3. The fraction of sp³-hybridized carbons (Fsp3) is 0.300. The maximum Gasteiger partial charge on any atom is 0.412 e. The van der Waals surface area contributed by atoms with Gasteiger partial charge in [-0.25, -0.2) is 18.0 Å². The minimum absolute atomic E-state index is 0.241. The molecule has 2 aromatic rings. The topological polar surface area (TPSA) is 64.6 Å². The van der Waals surface area contributed by atoms with Gasteiger partial charge in [-0.05, 0) is 44.5 Å². The first-order chi connectivity index (χ1) is 13.0. The molecule has 28 heavy (non-hydrogen) atoms. The number of ether oxygens (including phenoxy) is 2. The van der Waals surface area contributed by atoms with Gasteiger partial charge in [-0.3, -0.25) is 10.1 Å². The number of hydrogen-bond acceptors (Lipinski definition) is 4. The molecule has 0 atom stereocenters. The standard InChI is InChI=1S/C20H20F3NO4/c1-20(2,3)28-19(26)24-16-10-13(27-4)6-5-11(16)9-17(25)12-7-14(21)18(23)15(22)8-12/h5-8,10H,9H2,1-4H3,(H,24,26). The van der Waals surface area contributed by atoms with Crippen molar-refractivity contribution in [2.24, 2.45) is 0 Å². The summed E-state index contributed by atoms with van der Waals surface area (Å²) in [5, 5.41) is 2.53. The summed E-state index contributed by atoms with van der Waals surface area (Å²) in [4.78, 5) is 24.5. The highest BCUT2D eigenvalue weighted by molar-refractivity contribution is 5.99. The third kappa shape index (κ3) is 5.48. The van der Waals surface area contributed by atoms with E-state index >= 15 is 0 Å². The lowest BCUT2D eigenvalue weighted by Crippen LogP contribution is -2.27. The molecule has 0 radical (unpaired) electrons. The highest BCUT2D eigenvalue weighted by Gasteiger charge is 2.20. The molecular weight excluding hydrogens is 375 g/mol. The van der Waals surface area contributed by atoms with E-state index < -0.39 is 34.9 Å². The molecule has 1 amide bonds. The molecule has 1 N–H and O–H groups in total. The lowest BCUT2D eigenvalue weighted by molar-refractivity contribution is 0.0635. The first-order valence-corrected chi connectivity index (χ1v) is 8.35. The highest BCUT2D eigenvalue weighted by atomic mass is 19.2. The predicted molar refractivity (Wildman–Crippen MR) is 97.2 cm³/mol. The predicted octanol–water partition coefficient (Wildman–Crippen LogP) is 4.88. The Labute approximate surface area is 160 Å². The smallest absolute Gasteiger partial charge is 0.412 e. The summed E-state index contributed by atoms with van der Waals surface area (Å²) in [6.07, 6.45) is -1.03. The van der Waals surface area contributed by atoms with Crippen molar-refractivity contribution in [3.8, 4) is 5.75 Å². The minimum Gasteiger partial charge on any atom is -0.497 e. The van der Waals surface area contributed by atoms with Crippen LogP contribution in [0.15, 0.2) is 30.3 Å². The van der Waals surface area contributed by atoms with Gasteiger partial charge in [-0.1, -0.05) is 6.07 Å². The van der Waals surface area contributed by atoms with Crippen LogP contribution in [0.4, 0.5) is 23.7 Å². The van der Waals surface area contributed by atoms with Gasteiger partial charge in [0.05, 0.1) is 12.8 Å². The zero-order chi connectivity index (χ0) is 21.1. The van der Waals surface area contributed by atoms with Crippen LogP contribution in [0.2, 0.25) is 0 Å². The van der Waals surface area contributed by atoms with Gasteiger partial charge < -0.3 is 9.47 Å². The van der Waals surface area contributed by atoms with Gasteiger partial charge in [-0.15, -0.1) is 0 Å². The summed E-state index contributed by atoms with van der Waals surface area (Å²) in [7, 11) is 1.43. The van der Waals surface area contributed by atoms with E-state index in [1.54, 1.807) is 26.8 Å². The van der Waals surface area contributed by atoms with Crippen LogP contribution in [0, 0.1) is 17.5 Å². The maximum atomic E-state index is 13.4. The van der Waals surface area contributed by atoms with Gasteiger partial charge in [-0.2, -0.15) is 0 Å². The van der Waals surface area contributed by atoms with Gasteiger partial charge in [0.1, 0.15) is 11.4 Å². The average molecular weight is 395 g/mol. The van der Waals surface area contributed by atoms with Gasteiger partial charge >= 0.3 is 6.09 Å². The molecule has 0 spiro atoms. The van der Waals surface area contributed by atoms with E-state index in [0.717, 1.165) is 0 Å². The van der Waals surface area contributed by atoms with Crippen molar-refractivity contribution in [2.75, 3.05) is 12.4 Å². The van der Waals surface area contributed by atoms with Crippen molar-refractivity contribution in [1.29, 1.82) is 0 Å². The highest BCUT2D eigenvalue weighted by Crippen LogP contribution is 2.25. The van der Waals surface area contributed by atoms with Crippen molar-refractivity contribution < 1.29 is 32.2 Å². The zero-order valence-electron chi connectivity index (χ0n) is 15.9. The van der Waals surface area contributed by atoms with E-state index in [9.17, 15) is 22.8 Å². The van der Waals surface area contributed by atoms with Crippen LogP contribution >= 0.6 is 0 Å². The molecule has 0 bridgehead atoms. The average Bonchev–Trinajstić information content (AvgIpc) is 2.58. The minimum atomic E-state index is -1.65. The molecule has 0 aliphatic heterocycles. The van der Waals surface area contributed by atoms with Crippen molar-refractivity contribution in [3.05, 3.63) is 58.9 Å². The molecule has 5 nitrogen and oxygen atoms in total. The molecule has 0 aromatic heterocycles. The Kier molecular flexibility index (Phi) is 6.33. The number of ketones is 1. The van der Waals surface area contributed by atoms with E-state index in [1.165, 1.54) is 19.2 Å². The first-order valence-electron chi connectivity index (χ1n) is 8.35. The first kappa shape index (κ1) is 21.3. The molecular formula is C20H20F3NO4. The van der Waals surface area contributed by atoms with Crippen LogP contribution in [-0.4, -0.2) is 24.6 Å². The van der Waals surface area contributed by atoms with Crippen LogP contribution in [0.1, 0.15) is 36.7 Å². The number of carbonyl (C=O) groups excluding carboxylic acids is 2. The van der Waals surface area contributed by atoms with Crippen molar-refractivity contribution in [2.45, 2.75) is 32.8 Å². The van der Waals surface area contributed by atoms with Gasteiger partial charge in [0, 0.05) is 18.1 Å². The van der Waals surface area contributed by atoms with E-state index in [-0.39, 0.29) is 17.7 Å². The van der Waals surface area contributed by atoms with Crippen LogP contribution in [-0.2, 0) is 11.2 Å². The number of carbonyl (C=O) groups is 2. The lowest BCUT2D eigenvalue weighted by atomic mass is 10.0. The van der Waals surface area contributed by atoms with E-state index in [0.29, 0.717) is 23.4 Å². The Morgan fingerprint density at radius 2 is 1.64 bits per heavy atom. The number of rotatable bonds is 5. The molecule has 2 rings (SSSR count). The molecule has 0 heterocycles. The Hall–Kier alpha value is -3.03. The Morgan fingerprint density at radius 1 is 1.04 bits per heavy atom. The van der Waals surface area contributed by atoms with Crippen LogP contribution in [0.25, 0.3) is 0 Å². The number of amides is 1. The van der Waals surface area contributed by atoms with Gasteiger partial charge in [0.25, 0.3) is 0 Å². The van der Waals surface area contributed by atoms with E-state index in [1.807, 2.05) is 0 Å². The van der Waals surface area contributed by atoms with E-state index in [4.69, 9.17) is 9.47 Å². The molecule has 150 valence electrons. The Morgan fingerprint density at radius 3 is 2.18 bits per heavy atom. The lowest BCUT2D eigenvalue weighted by Gasteiger charge is -2.20. The quantitative estimate of drug-likeness (QED) is 0.579. The molecule has 8 heteroatoms. The molecule has 0 saturated carbocycles. The SMILES string of the molecule is COc1ccc(CC(=O)c2cc(F)c(F)c(F)c2)c(NC(=O)OC(C)(C)C)c1. The summed E-state index contributed by atoms with van der Waals surface area (Å²) < 4.78 is 50.2. The number of benzene rings is 2. The fourth-order valence-electron chi connectivity index (χ4n) is 2.36. The van der Waals surface area contributed by atoms with Crippen molar-refractivity contribution >= 4 is 17.6 Å². The molecule has 2 aromatic carbocycles. The summed E-state index contributed by atoms with van der Waals surface area (Å²) >= 11 is 0. The number of hydrogen-bond donors (Lipinski definition) is 1. The monoisotopic (exact) mass is 395 g/mol. The number of nitrogens with one attached hydrogen (secondary N) is 1. The third-order valence-electron chi connectivity index (χ3n) is 3.61. The number of anilines is 1. The van der Waals surface area contributed by atoms with Crippen LogP contribution < -0.4 is 10.1 Å². The van der Waals surface area contributed by atoms with Crippen LogP contribution in [0.5, 0.6) is 5.75 Å². The molecule has 0 unspecified atom stereocenters. The second kappa shape index (κ2) is 8.33. The zero-order valence-corrected chi connectivity index (χ0v) is 15.9. The second-order valence-corrected chi connectivity index (χ2v) is 7.00. The van der Waals surface area contributed by atoms with Crippen molar-refractivity contribution in [1.82, 2.24) is 0 Å². The summed E-state index contributed by atoms with van der Waals surface area (Å²) in [5.74, 6) is -4.79. The van der Waals surface area contributed by atoms with Crippen molar-refractivity contribution in [3.63, 3.8) is 0 Å². The van der Waals surface area contributed by atoms with Crippen LogP contribution in [0.3, 0.4) is 0 Å². The molecule has 0 aliphatic rings. The fourth-order valence-corrected chi connectivity index (χ4v) is 2.36. The molecule has 0 aliphatic carbocycles. The summed E-state index contributed by atoms with van der Waals surface area (Å²) in [6.45, 7) is 5.08. The van der Waals surface area contributed by atoms with Gasteiger partial charge in [0.2, 0.25) is 0 Å². The second-order valence-electron chi connectivity index (χ2n) is 7.00. The third-order valence-corrected chi connectivity index (χ3v) is 3.61. The number of methoxy groups -OCH3 is 1. The maximum absolute atomic E-state index is 13.4.